The number of thioether (sulfide) groups is 1. The van der Waals surface area contributed by atoms with E-state index in [9.17, 15) is 0 Å². The van der Waals surface area contributed by atoms with Gasteiger partial charge in [0.15, 0.2) is 0 Å². The van der Waals surface area contributed by atoms with E-state index in [0.717, 1.165) is 31.7 Å². The van der Waals surface area contributed by atoms with Crippen LogP contribution in [0.2, 0.25) is 0 Å². The molecular formula is C17H26N2S. The van der Waals surface area contributed by atoms with Crippen LogP contribution in [0.1, 0.15) is 45.6 Å². The zero-order valence-corrected chi connectivity index (χ0v) is 13.7. The number of nitriles is 1. The number of benzene rings is 1. The van der Waals surface area contributed by atoms with Crippen molar-refractivity contribution in [3.8, 4) is 6.07 Å². The van der Waals surface area contributed by atoms with Gasteiger partial charge in [-0.1, -0.05) is 19.1 Å². The van der Waals surface area contributed by atoms with Gasteiger partial charge in [0.25, 0.3) is 0 Å². The van der Waals surface area contributed by atoms with Gasteiger partial charge in [0.1, 0.15) is 0 Å². The van der Waals surface area contributed by atoms with Crippen molar-refractivity contribution in [1.29, 1.82) is 5.26 Å². The third-order valence-corrected chi connectivity index (χ3v) is 4.25. The largest absolute Gasteiger partial charge is 0.313 e. The second kappa shape index (κ2) is 9.05. The second-order valence-electron chi connectivity index (χ2n) is 5.77. The first kappa shape index (κ1) is 17.1. The maximum atomic E-state index is 8.99. The molecule has 0 bridgehead atoms. The Labute approximate surface area is 128 Å². The Hall–Kier alpha value is -0.980. The van der Waals surface area contributed by atoms with Gasteiger partial charge in [0.05, 0.1) is 11.5 Å². The van der Waals surface area contributed by atoms with Crippen LogP contribution in [-0.4, -0.2) is 12.3 Å². The molecule has 0 fully saturated rings. The first-order valence-corrected chi connectivity index (χ1v) is 8.39. The third kappa shape index (κ3) is 6.98. The monoisotopic (exact) mass is 290 g/mol. The van der Waals surface area contributed by atoms with E-state index in [1.54, 1.807) is 0 Å². The highest BCUT2D eigenvalue weighted by atomic mass is 32.2. The van der Waals surface area contributed by atoms with E-state index in [0.29, 0.717) is 0 Å². The van der Waals surface area contributed by atoms with E-state index in [4.69, 9.17) is 5.26 Å². The van der Waals surface area contributed by atoms with Gasteiger partial charge in [-0.3, -0.25) is 0 Å². The predicted octanol–water partition coefficient (Wildman–Crippen LogP) is 4.61. The zero-order valence-electron chi connectivity index (χ0n) is 12.9. The third-order valence-electron chi connectivity index (χ3n) is 3.17. The molecule has 0 aliphatic carbocycles. The average molecular weight is 290 g/mol. The molecule has 0 radical (unpaired) electrons. The smallest absolute Gasteiger partial charge is 0.0683 e. The van der Waals surface area contributed by atoms with E-state index in [-0.39, 0.29) is 5.41 Å². The molecule has 2 nitrogen and oxygen atoms in total. The van der Waals surface area contributed by atoms with E-state index in [1.807, 2.05) is 25.6 Å². The maximum Gasteiger partial charge on any atom is 0.0683 e. The van der Waals surface area contributed by atoms with Crippen molar-refractivity contribution >= 4 is 11.8 Å². The minimum Gasteiger partial charge on any atom is -0.313 e. The Morgan fingerprint density at radius 2 is 2.15 bits per heavy atom. The second-order valence-corrected chi connectivity index (χ2v) is 6.94. The molecule has 0 atom stereocenters. The SMILES string of the molecule is CCCNCc1cccc(SCCCC(C)(C)C#N)c1. The van der Waals surface area contributed by atoms with Crippen LogP contribution >= 0.6 is 11.8 Å². The lowest BCUT2D eigenvalue weighted by molar-refractivity contribution is 0.448. The Morgan fingerprint density at radius 3 is 2.85 bits per heavy atom. The van der Waals surface area contributed by atoms with Crippen molar-refractivity contribution in [3.63, 3.8) is 0 Å². The minimum absolute atomic E-state index is 0.188. The average Bonchev–Trinajstić information content (AvgIpc) is 2.45. The molecule has 0 aromatic heterocycles. The van der Waals surface area contributed by atoms with E-state index >= 15 is 0 Å². The summed E-state index contributed by atoms with van der Waals surface area (Å²) in [7, 11) is 0. The summed E-state index contributed by atoms with van der Waals surface area (Å²) in [6.07, 6.45) is 3.22. The minimum atomic E-state index is -0.188. The Bertz CT molecular complexity index is 435. The number of rotatable bonds is 9. The van der Waals surface area contributed by atoms with Crippen molar-refractivity contribution in [2.24, 2.45) is 5.41 Å². The zero-order chi connectivity index (χ0) is 14.8. The first-order valence-electron chi connectivity index (χ1n) is 7.41. The predicted molar refractivity (Wildman–Crippen MR) is 87.8 cm³/mol. The number of hydrogen-bond acceptors (Lipinski definition) is 3. The van der Waals surface area contributed by atoms with Crippen LogP contribution in [0, 0.1) is 16.7 Å². The summed E-state index contributed by atoms with van der Waals surface area (Å²) < 4.78 is 0. The molecule has 0 aliphatic rings. The first-order chi connectivity index (χ1) is 9.57. The molecule has 0 heterocycles. The number of hydrogen-bond donors (Lipinski definition) is 1. The van der Waals surface area contributed by atoms with Crippen LogP contribution in [0.3, 0.4) is 0 Å². The van der Waals surface area contributed by atoms with Crippen molar-refractivity contribution < 1.29 is 0 Å². The van der Waals surface area contributed by atoms with Gasteiger partial charge in [0.2, 0.25) is 0 Å². The highest BCUT2D eigenvalue weighted by molar-refractivity contribution is 7.99. The molecule has 20 heavy (non-hydrogen) atoms. The summed E-state index contributed by atoms with van der Waals surface area (Å²) in [4.78, 5) is 1.33. The normalized spacial score (nSPS) is 11.3. The summed E-state index contributed by atoms with van der Waals surface area (Å²) in [5.74, 6) is 1.08. The Morgan fingerprint density at radius 1 is 1.35 bits per heavy atom. The maximum absolute atomic E-state index is 8.99. The van der Waals surface area contributed by atoms with Crippen LogP contribution in [0.15, 0.2) is 29.2 Å². The van der Waals surface area contributed by atoms with E-state index in [1.165, 1.54) is 16.9 Å². The summed E-state index contributed by atoms with van der Waals surface area (Å²) in [6.45, 7) is 8.22. The topological polar surface area (TPSA) is 35.8 Å². The molecular weight excluding hydrogens is 264 g/mol. The number of nitrogens with zero attached hydrogens (tertiary/aromatic N) is 1. The molecule has 0 amide bonds. The highest BCUT2D eigenvalue weighted by Gasteiger charge is 2.15. The fraction of sp³-hybridized carbons (Fsp3) is 0.588. The van der Waals surface area contributed by atoms with Crippen molar-refractivity contribution in [2.45, 2.75) is 51.5 Å². The van der Waals surface area contributed by atoms with Gasteiger partial charge in [-0.25, -0.2) is 0 Å². The lowest BCUT2D eigenvalue weighted by Gasteiger charge is -2.14. The summed E-state index contributed by atoms with van der Waals surface area (Å²) in [5.41, 5.74) is 1.16. The molecule has 1 rings (SSSR count). The van der Waals surface area contributed by atoms with Gasteiger partial charge in [-0.2, -0.15) is 5.26 Å². The molecule has 3 heteroatoms. The highest BCUT2D eigenvalue weighted by Crippen LogP contribution is 2.25. The van der Waals surface area contributed by atoms with Gasteiger partial charge in [-0.05, 0) is 63.1 Å². The van der Waals surface area contributed by atoms with Crippen LogP contribution < -0.4 is 5.32 Å². The van der Waals surface area contributed by atoms with Crippen molar-refractivity contribution in [3.05, 3.63) is 29.8 Å². The lowest BCUT2D eigenvalue weighted by atomic mass is 9.90. The van der Waals surface area contributed by atoms with Crippen LogP contribution in [0.5, 0.6) is 0 Å². The fourth-order valence-corrected chi connectivity index (χ4v) is 2.85. The molecule has 0 saturated carbocycles. The Balaban J connectivity index is 2.33. The van der Waals surface area contributed by atoms with E-state index < -0.39 is 0 Å². The molecule has 1 aromatic carbocycles. The van der Waals surface area contributed by atoms with Crippen LogP contribution in [0.25, 0.3) is 0 Å². The quantitative estimate of drug-likeness (QED) is 0.533. The van der Waals surface area contributed by atoms with Crippen molar-refractivity contribution in [1.82, 2.24) is 5.32 Å². The number of nitrogens with one attached hydrogen (secondary N) is 1. The van der Waals surface area contributed by atoms with Gasteiger partial charge in [-0.15, -0.1) is 11.8 Å². The van der Waals surface area contributed by atoms with Gasteiger partial charge in [0, 0.05) is 11.4 Å². The van der Waals surface area contributed by atoms with Gasteiger partial charge < -0.3 is 5.32 Å². The summed E-state index contributed by atoms with van der Waals surface area (Å²) >= 11 is 1.89. The molecule has 1 aromatic rings. The summed E-state index contributed by atoms with van der Waals surface area (Å²) in [5, 5.41) is 12.4. The van der Waals surface area contributed by atoms with Crippen molar-refractivity contribution in [2.75, 3.05) is 12.3 Å². The van der Waals surface area contributed by atoms with Gasteiger partial charge >= 0.3 is 0 Å². The molecule has 0 unspecified atom stereocenters. The Kier molecular flexibility index (Phi) is 7.72. The molecule has 0 aliphatic heterocycles. The van der Waals surface area contributed by atoms with Crippen LogP contribution in [-0.2, 0) is 6.54 Å². The lowest BCUT2D eigenvalue weighted by Crippen LogP contribution is -2.13. The van der Waals surface area contributed by atoms with E-state index in [2.05, 4.69) is 42.6 Å². The van der Waals surface area contributed by atoms with Crippen LogP contribution in [0.4, 0.5) is 0 Å². The molecule has 110 valence electrons. The molecule has 0 saturated heterocycles. The molecule has 0 spiro atoms. The fourth-order valence-electron chi connectivity index (χ4n) is 1.91. The molecule has 1 N–H and O–H groups in total. The standard InChI is InChI=1S/C17H26N2S/c1-4-10-19-13-15-7-5-8-16(12-15)20-11-6-9-17(2,3)14-18/h5,7-8,12,19H,4,6,9-11,13H2,1-3H3. The summed E-state index contributed by atoms with van der Waals surface area (Å²) in [6, 6.07) is 11.1.